The van der Waals surface area contributed by atoms with Gasteiger partial charge >= 0.3 is 92.8 Å². The first-order chi connectivity index (χ1) is 4.24. The van der Waals surface area contributed by atoms with Gasteiger partial charge in [-0.05, 0) is 0 Å². The summed E-state index contributed by atoms with van der Waals surface area (Å²) in [6.45, 7) is 0. The van der Waals surface area contributed by atoms with Crippen LogP contribution in [0.15, 0.2) is 0 Å². The second-order valence-corrected chi connectivity index (χ2v) is 4.42. The molecule has 12 heteroatoms. The van der Waals surface area contributed by atoms with Gasteiger partial charge < -0.3 is 0 Å². The molecule has 0 aliphatic carbocycles. The zero-order valence-electron chi connectivity index (χ0n) is 4.61. The standard InChI is InChI=1S/K.H2O4S.5O.V.H/c;1-5(2,3)4;;;;;;;/h;(H2,1,2,3,4);;;;;;;. The topological polar surface area (TPSA) is 160 Å². The zero-order valence-corrected chi connectivity index (χ0v) is 6.82. The normalized spacial score (nSPS) is 9.83. The summed E-state index contributed by atoms with van der Waals surface area (Å²) in [6.07, 6.45) is 0. The van der Waals surface area contributed by atoms with Gasteiger partial charge in [-0.3, -0.25) is 9.11 Å². The van der Waals surface area contributed by atoms with Crippen LogP contribution < -0.4 is 0 Å². The molecule has 12 heavy (non-hydrogen) atoms. The van der Waals surface area contributed by atoms with Gasteiger partial charge in [-0.1, -0.05) is 0 Å². The fraction of sp³-hybridized carbons (Fsp3) is 0. The third-order valence-electron chi connectivity index (χ3n) is 0. The van der Waals surface area contributed by atoms with Gasteiger partial charge in [0.15, 0.2) is 0 Å². The van der Waals surface area contributed by atoms with E-state index in [2.05, 4.69) is 0 Å². The Morgan fingerprint density at radius 1 is 0.833 bits per heavy atom. The molecule has 0 bridgehead atoms. The van der Waals surface area contributed by atoms with E-state index in [9.17, 15) is 0 Å². The number of rotatable bonds is 0. The maximum absolute atomic E-state index is 8.74. The molecule has 0 atom stereocenters. The fourth-order valence-corrected chi connectivity index (χ4v) is 0. The van der Waals surface area contributed by atoms with E-state index < -0.39 is 23.0 Å². The molecule has 0 amide bonds. The Kier molecular flexibility index (Phi) is 7.97. The molecule has 9 nitrogen and oxygen atoms in total. The number of hydrogen-bond donors (Lipinski definition) is 2. The molecule has 0 spiro atoms. The Morgan fingerprint density at radius 2 is 0.833 bits per heavy atom. The van der Waals surface area contributed by atoms with E-state index in [0.717, 1.165) is 0 Å². The van der Waals surface area contributed by atoms with Crippen LogP contribution in [0.25, 0.3) is 0 Å². The number of hydrogen-bond acceptors (Lipinski definition) is 7. The Morgan fingerprint density at radius 3 is 0.833 bits per heavy atom. The second kappa shape index (κ2) is 5.09. The summed E-state index contributed by atoms with van der Waals surface area (Å²) in [5.41, 5.74) is 0. The summed E-state index contributed by atoms with van der Waals surface area (Å²) in [7, 11) is -4.67. The second-order valence-electron chi connectivity index (χ2n) is 1.19. The predicted molar refractivity (Wildman–Crippen MR) is 24.8 cm³/mol. The summed E-state index contributed by atoms with van der Waals surface area (Å²) in [5, 5.41) is 0. The van der Waals surface area contributed by atoms with E-state index >= 15 is 0 Å². The average Bonchev–Trinajstić information content (AvgIpc) is 1.07. The molecule has 69 valence electrons. The van der Waals surface area contributed by atoms with Crippen LogP contribution in [0.2, 0.25) is 0 Å². The SMILES string of the molecule is O=S(=O)(O)O.[KH].[O]=[V](=[O])(=[O])(=[O])=[O]. The Labute approximate surface area is 108 Å². The molecule has 0 aliphatic rings. The predicted octanol–water partition coefficient (Wildman–Crippen LogP) is -1.90. The molecule has 0 aromatic rings. The van der Waals surface area contributed by atoms with Gasteiger partial charge in [-0.15, -0.1) is 0 Å². The molecule has 0 unspecified atom stereocenters. The van der Waals surface area contributed by atoms with Gasteiger partial charge in [0.1, 0.15) is 0 Å². The van der Waals surface area contributed by atoms with Crippen LogP contribution in [0, 0.1) is 0 Å². The summed E-state index contributed by atoms with van der Waals surface area (Å²) in [4.78, 5) is 0. The third kappa shape index (κ3) is 949. The zero-order chi connectivity index (χ0) is 9.95. The Balaban J connectivity index is -0.000000126. The van der Waals surface area contributed by atoms with Crippen molar-refractivity contribution in [1.29, 1.82) is 0 Å². The minimum atomic E-state index is -7.74. The van der Waals surface area contributed by atoms with Crippen LogP contribution in [0.4, 0.5) is 0 Å². The molecule has 0 aromatic heterocycles. The van der Waals surface area contributed by atoms with E-state index in [-0.39, 0.29) is 51.4 Å². The van der Waals surface area contributed by atoms with Gasteiger partial charge in [0.2, 0.25) is 0 Å². The molecule has 0 rings (SSSR count). The molecule has 0 fully saturated rings. The first kappa shape index (κ1) is 18.8. The third-order valence-corrected chi connectivity index (χ3v) is 0. The maximum atomic E-state index is 8.74. The van der Waals surface area contributed by atoms with Crippen LogP contribution in [0.3, 0.4) is 0 Å². The van der Waals surface area contributed by atoms with Crippen molar-refractivity contribution >= 4 is 61.8 Å². The van der Waals surface area contributed by atoms with Crippen molar-refractivity contribution in [3.05, 3.63) is 0 Å². The first-order valence-electron chi connectivity index (χ1n) is 1.61. The molecule has 0 radical (unpaired) electrons. The van der Waals surface area contributed by atoms with Gasteiger partial charge in [0.25, 0.3) is 0 Å². The van der Waals surface area contributed by atoms with E-state index in [4.69, 9.17) is 35.9 Å². The Hall–Kier alpha value is 1.09. The van der Waals surface area contributed by atoms with E-state index in [0.29, 0.717) is 0 Å². The van der Waals surface area contributed by atoms with Crippen LogP contribution in [-0.2, 0) is 41.4 Å². The summed E-state index contributed by atoms with van der Waals surface area (Å²) in [6, 6.07) is 0. The summed E-state index contributed by atoms with van der Waals surface area (Å²) in [5.74, 6) is 0. The quantitative estimate of drug-likeness (QED) is 0.378. The van der Waals surface area contributed by atoms with Gasteiger partial charge in [-0.25, -0.2) is 0 Å². The molecule has 0 aliphatic heterocycles. The van der Waals surface area contributed by atoms with Crippen molar-refractivity contribution in [2.45, 2.75) is 0 Å². The molecule has 2 N–H and O–H groups in total. The average molecular weight is 269 g/mol. The molecular formula is H3KO9SV. The van der Waals surface area contributed by atoms with Crippen LogP contribution in [0.1, 0.15) is 0 Å². The molecule has 0 aromatic carbocycles. The van der Waals surface area contributed by atoms with Gasteiger partial charge in [0, 0.05) is 0 Å². The van der Waals surface area contributed by atoms with E-state index in [1.165, 1.54) is 0 Å². The molecule has 0 heterocycles. The van der Waals surface area contributed by atoms with Crippen molar-refractivity contribution in [2.24, 2.45) is 0 Å². The Bertz CT molecular complexity index is 465. The molecular weight excluding hydrogens is 266 g/mol. The van der Waals surface area contributed by atoms with Crippen molar-refractivity contribution in [1.82, 2.24) is 0 Å². The summed E-state index contributed by atoms with van der Waals surface area (Å²) < 4.78 is 74.8. The molecule has 0 saturated carbocycles. The van der Waals surface area contributed by atoms with Crippen molar-refractivity contribution in [2.75, 3.05) is 0 Å². The monoisotopic (exact) mass is 269 g/mol. The minimum absolute atomic E-state index is 0. The van der Waals surface area contributed by atoms with Crippen LogP contribution in [0.5, 0.6) is 0 Å². The van der Waals surface area contributed by atoms with E-state index in [1.807, 2.05) is 0 Å². The van der Waals surface area contributed by atoms with Crippen molar-refractivity contribution in [3.63, 3.8) is 0 Å². The van der Waals surface area contributed by atoms with Crippen molar-refractivity contribution in [3.8, 4) is 0 Å². The van der Waals surface area contributed by atoms with Crippen LogP contribution >= 0.6 is 0 Å². The van der Waals surface area contributed by atoms with Crippen molar-refractivity contribution < 1.29 is 48.5 Å². The van der Waals surface area contributed by atoms with Crippen LogP contribution in [-0.4, -0.2) is 68.9 Å². The first-order valence-corrected chi connectivity index (χ1v) is 5.86. The summed E-state index contributed by atoms with van der Waals surface area (Å²) >= 11 is -7.74. The van der Waals surface area contributed by atoms with E-state index in [1.54, 1.807) is 0 Å². The van der Waals surface area contributed by atoms with Gasteiger partial charge in [-0.2, -0.15) is 8.42 Å². The van der Waals surface area contributed by atoms with Gasteiger partial charge in [0.05, 0.1) is 0 Å². The fourth-order valence-electron chi connectivity index (χ4n) is 0. The molecule has 0 saturated heterocycles.